The number of hydrogen-bond donors (Lipinski definition) is 3. The molecule has 8 heteroatoms. The molecule has 0 fully saturated rings. The molecule has 0 aromatic heterocycles. The van der Waals surface area contributed by atoms with Crippen molar-refractivity contribution in [3.8, 4) is 0 Å². The van der Waals surface area contributed by atoms with E-state index in [4.69, 9.17) is 19.9 Å². The minimum absolute atomic E-state index is 0.0354. The molecule has 1 aliphatic rings. The number of esters is 1. The van der Waals surface area contributed by atoms with Gasteiger partial charge in [0.25, 0.3) is 5.91 Å². The monoisotopic (exact) mass is 454 g/mol. The van der Waals surface area contributed by atoms with E-state index in [2.05, 4.69) is 5.32 Å². The van der Waals surface area contributed by atoms with Crippen molar-refractivity contribution >= 4 is 23.3 Å². The Morgan fingerprint density at radius 2 is 1.88 bits per heavy atom. The van der Waals surface area contributed by atoms with Crippen LogP contribution in [0.5, 0.6) is 0 Å². The number of carbonyl (C=O) groups is 2. The Hall–Kier alpha value is -3.36. The summed E-state index contributed by atoms with van der Waals surface area (Å²) in [5.74, 6) is -1.11. The Labute approximate surface area is 193 Å². The third-order valence-electron chi connectivity index (χ3n) is 5.56. The van der Waals surface area contributed by atoms with Gasteiger partial charge in [0.05, 0.1) is 24.0 Å². The fourth-order valence-corrected chi connectivity index (χ4v) is 3.90. The van der Waals surface area contributed by atoms with Crippen molar-refractivity contribution < 1.29 is 28.9 Å². The summed E-state index contributed by atoms with van der Waals surface area (Å²) < 4.78 is 16.6. The first-order valence-corrected chi connectivity index (χ1v) is 10.9. The highest BCUT2D eigenvalue weighted by Crippen LogP contribution is 2.39. The van der Waals surface area contributed by atoms with Crippen molar-refractivity contribution in [1.82, 2.24) is 0 Å². The number of benzene rings is 2. The Balaban J connectivity index is 1.95. The molecule has 0 aliphatic carbocycles. The van der Waals surface area contributed by atoms with Gasteiger partial charge in [-0.1, -0.05) is 24.3 Å². The Morgan fingerprint density at radius 1 is 1.15 bits per heavy atom. The number of rotatable bonds is 9. The number of aliphatic hydroxyl groups excluding tert-OH is 1. The van der Waals surface area contributed by atoms with Crippen LogP contribution in [-0.2, 0) is 19.0 Å². The predicted molar refractivity (Wildman–Crippen MR) is 124 cm³/mol. The number of allylic oxidation sites excluding steroid dienone is 1. The number of para-hydroxylation sites is 2. The lowest BCUT2D eigenvalue weighted by Gasteiger charge is -2.37. The lowest BCUT2D eigenvalue weighted by Crippen LogP contribution is -2.37. The molecular formula is C25H30N2O6. The van der Waals surface area contributed by atoms with E-state index in [9.17, 15) is 14.7 Å². The van der Waals surface area contributed by atoms with Crippen LogP contribution >= 0.6 is 0 Å². The van der Waals surface area contributed by atoms with E-state index < -0.39 is 18.2 Å². The number of ether oxygens (including phenoxy) is 3. The van der Waals surface area contributed by atoms with Crippen LogP contribution in [0, 0.1) is 5.92 Å². The first-order valence-electron chi connectivity index (χ1n) is 10.9. The molecule has 0 saturated heterocycles. The molecule has 176 valence electrons. The Kier molecular flexibility index (Phi) is 8.46. The zero-order chi connectivity index (χ0) is 23.8. The van der Waals surface area contributed by atoms with Gasteiger partial charge in [-0.05, 0) is 55.7 Å². The van der Waals surface area contributed by atoms with Crippen molar-refractivity contribution in [3.63, 3.8) is 0 Å². The van der Waals surface area contributed by atoms with Gasteiger partial charge in [0.15, 0.2) is 5.76 Å². The van der Waals surface area contributed by atoms with Crippen LogP contribution in [0.3, 0.4) is 0 Å². The molecule has 1 aliphatic heterocycles. The standard InChI is InChI=1S/C25H30N2O6/c1-3-32-25-18(7-6-14-28)19(16-10-12-17(13-11-16)24(30)31-2)15-22(33-25)23(29)27-21-9-5-4-8-20(21)26/h4-5,8-13,15,18-19,25,28H,3,6-7,14,26H2,1-2H3,(H,27,29)/t18-,19+,25+/m0/s1. The summed E-state index contributed by atoms with van der Waals surface area (Å²) in [6.07, 6.45) is 2.27. The van der Waals surface area contributed by atoms with Gasteiger partial charge in [-0.15, -0.1) is 0 Å². The largest absolute Gasteiger partial charge is 0.465 e. The van der Waals surface area contributed by atoms with Gasteiger partial charge in [-0.2, -0.15) is 0 Å². The second-order valence-corrected chi connectivity index (χ2v) is 7.68. The molecular weight excluding hydrogens is 424 g/mol. The van der Waals surface area contributed by atoms with Gasteiger partial charge < -0.3 is 30.4 Å². The molecule has 33 heavy (non-hydrogen) atoms. The third kappa shape index (κ3) is 5.91. The maximum absolute atomic E-state index is 13.0. The van der Waals surface area contributed by atoms with E-state index in [0.29, 0.717) is 36.4 Å². The summed E-state index contributed by atoms with van der Waals surface area (Å²) in [7, 11) is 1.33. The van der Waals surface area contributed by atoms with Crippen molar-refractivity contribution in [2.45, 2.75) is 32.0 Å². The molecule has 8 nitrogen and oxygen atoms in total. The predicted octanol–water partition coefficient (Wildman–Crippen LogP) is 3.44. The van der Waals surface area contributed by atoms with Crippen LogP contribution in [0.15, 0.2) is 60.4 Å². The number of hydrogen-bond acceptors (Lipinski definition) is 7. The molecule has 3 atom stereocenters. The van der Waals surface area contributed by atoms with Gasteiger partial charge in [-0.3, -0.25) is 4.79 Å². The molecule has 0 bridgehead atoms. The van der Waals surface area contributed by atoms with E-state index in [1.54, 1.807) is 42.5 Å². The second kappa shape index (κ2) is 11.5. The molecule has 2 aromatic carbocycles. The second-order valence-electron chi connectivity index (χ2n) is 7.68. The number of nitrogen functional groups attached to an aromatic ring is 1. The van der Waals surface area contributed by atoms with E-state index >= 15 is 0 Å². The minimum Gasteiger partial charge on any atom is -0.465 e. The third-order valence-corrected chi connectivity index (χ3v) is 5.56. The average molecular weight is 455 g/mol. The number of aliphatic hydroxyl groups is 1. The van der Waals surface area contributed by atoms with Gasteiger partial charge in [-0.25, -0.2) is 4.79 Å². The zero-order valence-electron chi connectivity index (χ0n) is 18.8. The van der Waals surface area contributed by atoms with Crippen molar-refractivity contribution in [3.05, 3.63) is 71.5 Å². The van der Waals surface area contributed by atoms with Crippen LogP contribution in [0.2, 0.25) is 0 Å². The normalized spacial score (nSPS) is 19.8. The Morgan fingerprint density at radius 3 is 2.52 bits per heavy atom. The number of nitrogens with two attached hydrogens (primary N) is 1. The molecule has 2 aromatic rings. The lowest BCUT2D eigenvalue weighted by molar-refractivity contribution is -0.165. The summed E-state index contributed by atoms with van der Waals surface area (Å²) in [5.41, 5.74) is 8.21. The van der Waals surface area contributed by atoms with Gasteiger partial charge >= 0.3 is 5.97 Å². The van der Waals surface area contributed by atoms with Gasteiger partial charge in [0.1, 0.15) is 0 Å². The van der Waals surface area contributed by atoms with E-state index in [1.165, 1.54) is 7.11 Å². The first-order chi connectivity index (χ1) is 16.0. The number of anilines is 2. The molecule has 1 amide bonds. The lowest BCUT2D eigenvalue weighted by atomic mass is 9.80. The van der Waals surface area contributed by atoms with Gasteiger partial charge in [0.2, 0.25) is 6.29 Å². The maximum atomic E-state index is 13.0. The number of amides is 1. The Bertz CT molecular complexity index is 989. The van der Waals surface area contributed by atoms with Crippen LogP contribution in [-0.4, -0.2) is 43.6 Å². The topological polar surface area (TPSA) is 120 Å². The average Bonchev–Trinajstić information content (AvgIpc) is 2.84. The molecule has 0 unspecified atom stereocenters. The van der Waals surface area contributed by atoms with E-state index in [-0.39, 0.29) is 24.2 Å². The highest BCUT2D eigenvalue weighted by molar-refractivity contribution is 6.04. The summed E-state index contributed by atoms with van der Waals surface area (Å²) in [6.45, 7) is 2.29. The molecule has 1 heterocycles. The molecule has 4 N–H and O–H groups in total. The smallest absolute Gasteiger partial charge is 0.337 e. The summed E-state index contributed by atoms with van der Waals surface area (Å²) >= 11 is 0. The zero-order valence-corrected chi connectivity index (χ0v) is 18.8. The summed E-state index contributed by atoms with van der Waals surface area (Å²) in [5, 5.41) is 12.2. The highest BCUT2D eigenvalue weighted by Gasteiger charge is 2.38. The molecule has 0 radical (unpaired) electrons. The van der Waals surface area contributed by atoms with Gasteiger partial charge in [0, 0.05) is 25.0 Å². The van der Waals surface area contributed by atoms with Crippen molar-refractivity contribution in [2.75, 3.05) is 31.4 Å². The fraction of sp³-hybridized carbons (Fsp3) is 0.360. The number of nitrogens with one attached hydrogen (secondary N) is 1. The van der Waals surface area contributed by atoms with Crippen LogP contribution in [0.1, 0.15) is 41.6 Å². The number of carbonyl (C=O) groups excluding carboxylic acids is 2. The quantitative estimate of drug-likeness (QED) is 0.392. The summed E-state index contributed by atoms with van der Waals surface area (Å²) in [6, 6.07) is 14.0. The molecule has 0 spiro atoms. The van der Waals surface area contributed by atoms with E-state index in [1.807, 2.05) is 19.1 Å². The van der Waals surface area contributed by atoms with Crippen LogP contribution < -0.4 is 11.1 Å². The van der Waals surface area contributed by atoms with Crippen LogP contribution in [0.25, 0.3) is 0 Å². The highest BCUT2D eigenvalue weighted by atomic mass is 16.7. The van der Waals surface area contributed by atoms with E-state index in [0.717, 1.165) is 5.56 Å². The van der Waals surface area contributed by atoms with Crippen molar-refractivity contribution in [1.29, 1.82) is 0 Å². The minimum atomic E-state index is -0.675. The fourth-order valence-electron chi connectivity index (χ4n) is 3.90. The first kappa shape index (κ1) is 24.3. The molecule has 0 saturated carbocycles. The van der Waals surface area contributed by atoms with Crippen molar-refractivity contribution in [2.24, 2.45) is 5.92 Å². The summed E-state index contributed by atoms with van der Waals surface area (Å²) in [4.78, 5) is 24.9. The number of methoxy groups -OCH3 is 1. The SMILES string of the molecule is CCO[C@@H]1OC(C(=O)Nc2ccccc2N)=C[C@H](c2ccc(C(=O)OC)cc2)[C@@H]1CCCO. The van der Waals surface area contributed by atoms with Crippen LogP contribution in [0.4, 0.5) is 11.4 Å². The molecule has 3 rings (SSSR count). The maximum Gasteiger partial charge on any atom is 0.337 e.